The number of benzene rings is 2. The van der Waals surface area contributed by atoms with Gasteiger partial charge in [-0.25, -0.2) is 13.8 Å². The average Bonchev–Trinajstić information content (AvgIpc) is 3.04. The first kappa shape index (κ1) is 17.1. The van der Waals surface area contributed by atoms with Crippen molar-refractivity contribution in [3.05, 3.63) is 66.0 Å². The van der Waals surface area contributed by atoms with Gasteiger partial charge in [-0.1, -0.05) is 18.2 Å². The number of carbonyl (C=O) groups is 1. The first-order chi connectivity index (χ1) is 12.0. The third-order valence-electron chi connectivity index (χ3n) is 4.49. The Morgan fingerprint density at radius 1 is 1.20 bits per heavy atom. The number of aryl methyl sites for hydroxylation is 1. The van der Waals surface area contributed by atoms with Crippen LogP contribution in [0, 0.1) is 11.6 Å². The molecule has 0 fully saturated rings. The summed E-state index contributed by atoms with van der Waals surface area (Å²) in [6, 6.07) is 11.1. The van der Waals surface area contributed by atoms with Crippen molar-refractivity contribution < 1.29 is 13.6 Å². The summed E-state index contributed by atoms with van der Waals surface area (Å²) in [7, 11) is 1.67. The number of fused-ring (bicyclic) bond motifs is 1. The van der Waals surface area contributed by atoms with Gasteiger partial charge >= 0.3 is 0 Å². The number of imidazole rings is 1. The van der Waals surface area contributed by atoms with E-state index in [0.29, 0.717) is 18.5 Å². The van der Waals surface area contributed by atoms with Crippen LogP contribution in [0.1, 0.15) is 24.9 Å². The molecule has 0 saturated heterocycles. The number of hydrogen-bond acceptors (Lipinski definition) is 2. The Balaban J connectivity index is 1.66. The molecule has 1 aromatic heterocycles. The topological polar surface area (TPSA) is 38.1 Å². The highest BCUT2D eigenvalue weighted by molar-refractivity contribution is 5.77. The quantitative estimate of drug-likeness (QED) is 0.704. The van der Waals surface area contributed by atoms with E-state index in [-0.39, 0.29) is 11.9 Å². The van der Waals surface area contributed by atoms with Crippen LogP contribution in [0.3, 0.4) is 0 Å². The average molecular weight is 343 g/mol. The van der Waals surface area contributed by atoms with Crippen LogP contribution in [0.4, 0.5) is 8.78 Å². The van der Waals surface area contributed by atoms with E-state index in [4.69, 9.17) is 0 Å². The normalized spacial score (nSPS) is 12.3. The van der Waals surface area contributed by atoms with Gasteiger partial charge in [0.1, 0.15) is 0 Å². The summed E-state index contributed by atoms with van der Waals surface area (Å²) in [6.45, 7) is 2.30. The summed E-state index contributed by atoms with van der Waals surface area (Å²) in [5.74, 6) is -1.87. The molecule has 25 heavy (non-hydrogen) atoms. The van der Waals surface area contributed by atoms with Crippen LogP contribution in [-0.4, -0.2) is 27.4 Å². The first-order valence-electron chi connectivity index (χ1n) is 8.08. The Hall–Kier alpha value is -2.76. The van der Waals surface area contributed by atoms with Gasteiger partial charge < -0.3 is 9.47 Å². The van der Waals surface area contributed by atoms with Crippen LogP contribution < -0.4 is 0 Å². The van der Waals surface area contributed by atoms with Gasteiger partial charge in [0.15, 0.2) is 11.6 Å². The fraction of sp³-hybridized carbons (Fsp3) is 0.263. The summed E-state index contributed by atoms with van der Waals surface area (Å²) >= 11 is 0. The highest BCUT2D eigenvalue weighted by atomic mass is 19.2. The van der Waals surface area contributed by atoms with Gasteiger partial charge in [0.2, 0.25) is 5.91 Å². The van der Waals surface area contributed by atoms with Crippen molar-refractivity contribution in [2.75, 3.05) is 7.05 Å². The maximum Gasteiger partial charge on any atom is 0.224 e. The molecule has 1 amide bonds. The maximum atomic E-state index is 13.4. The second-order valence-corrected chi connectivity index (χ2v) is 6.03. The van der Waals surface area contributed by atoms with Crippen molar-refractivity contribution in [2.45, 2.75) is 25.9 Å². The number of rotatable bonds is 5. The fourth-order valence-corrected chi connectivity index (χ4v) is 2.79. The molecule has 3 aromatic rings. The maximum absolute atomic E-state index is 13.4. The van der Waals surface area contributed by atoms with E-state index in [9.17, 15) is 13.6 Å². The Bertz CT molecular complexity index is 907. The van der Waals surface area contributed by atoms with Crippen LogP contribution in [0.25, 0.3) is 11.0 Å². The lowest BCUT2D eigenvalue weighted by molar-refractivity contribution is -0.132. The molecule has 0 aliphatic carbocycles. The van der Waals surface area contributed by atoms with E-state index < -0.39 is 11.6 Å². The van der Waals surface area contributed by atoms with Gasteiger partial charge in [-0.05, 0) is 36.8 Å². The van der Waals surface area contributed by atoms with Gasteiger partial charge in [0.05, 0.1) is 23.4 Å². The molecule has 0 spiro atoms. The van der Waals surface area contributed by atoms with Crippen LogP contribution >= 0.6 is 0 Å². The number of para-hydroxylation sites is 2. The second-order valence-electron chi connectivity index (χ2n) is 6.03. The summed E-state index contributed by atoms with van der Waals surface area (Å²) in [5.41, 5.74) is 2.42. The smallest absolute Gasteiger partial charge is 0.224 e. The van der Waals surface area contributed by atoms with E-state index in [2.05, 4.69) is 4.98 Å². The highest BCUT2D eigenvalue weighted by Gasteiger charge is 2.18. The zero-order valence-electron chi connectivity index (χ0n) is 14.1. The lowest BCUT2D eigenvalue weighted by atomic mass is 10.1. The standard InChI is InChI=1S/C19H19F2N3O/c1-13(14-7-8-15(20)16(21)11-14)23(2)19(25)9-10-24-12-22-17-5-3-4-6-18(17)24/h3-8,11-13H,9-10H2,1-2H3. The number of carbonyl (C=O) groups excluding carboxylic acids is 1. The molecular weight excluding hydrogens is 324 g/mol. The van der Waals surface area contributed by atoms with E-state index in [1.807, 2.05) is 28.8 Å². The molecular formula is C19H19F2N3O. The molecule has 6 heteroatoms. The van der Waals surface area contributed by atoms with E-state index in [1.54, 1.807) is 25.2 Å². The van der Waals surface area contributed by atoms with E-state index in [1.165, 1.54) is 6.07 Å². The van der Waals surface area contributed by atoms with Crippen LogP contribution in [0.2, 0.25) is 0 Å². The molecule has 3 rings (SSSR count). The molecule has 2 aromatic carbocycles. The zero-order chi connectivity index (χ0) is 18.0. The first-order valence-corrected chi connectivity index (χ1v) is 8.08. The predicted molar refractivity (Wildman–Crippen MR) is 91.9 cm³/mol. The number of hydrogen-bond donors (Lipinski definition) is 0. The Morgan fingerprint density at radius 3 is 2.72 bits per heavy atom. The van der Waals surface area contributed by atoms with Crippen molar-refractivity contribution in [3.8, 4) is 0 Å². The van der Waals surface area contributed by atoms with Crippen molar-refractivity contribution in [1.82, 2.24) is 14.5 Å². The Kier molecular flexibility index (Phi) is 4.79. The minimum Gasteiger partial charge on any atom is -0.339 e. The molecule has 1 atom stereocenters. The third kappa shape index (κ3) is 3.52. The zero-order valence-corrected chi connectivity index (χ0v) is 14.1. The summed E-state index contributed by atoms with van der Waals surface area (Å²) in [5, 5.41) is 0. The molecule has 0 N–H and O–H groups in total. The number of nitrogens with zero attached hydrogens (tertiary/aromatic N) is 3. The minimum atomic E-state index is -0.907. The fourth-order valence-electron chi connectivity index (χ4n) is 2.79. The highest BCUT2D eigenvalue weighted by Crippen LogP contribution is 2.22. The molecule has 0 saturated carbocycles. The van der Waals surface area contributed by atoms with Crippen molar-refractivity contribution in [2.24, 2.45) is 0 Å². The van der Waals surface area contributed by atoms with E-state index >= 15 is 0 Å². The van der Waals surface area contributed by atoms with Crippen LogP contribution in [0.15, 0.2) is 48.8 Å². The van der Waals surface area contributed by atoms with Gasteiger partial charge in [-0.15, -0.1) is 0 Å². The SMILES string of the molecule is CC(c1ccc(F)c(F)c1)N(C)C(=O)CCn1cnc2ccccc21. The summed E-state index contributed by atoms with van der Waals surface area (Å²) < 4.78 is 28.4. The molecule has 0 bridgehead atoms. The van der Waals surface area contributed by atoms with Gasteiger partial charge in [0, 0.05) is 20.0 Å². The van der Waals surface area contributed by atoms with Gasteiger partial charge in [-0.2, -0.15) is 0 Å². The summed E-state index contributed by atoms with van der Waals surface area (Å²) in [4.78, 5) is 18.3. The Labute approximate surface area is 144 Å². The minimum absolute atomic E-state index is 0.0741. The van der Waals surface area contributed by atoms with Crippen LogP contribution in [0.5, 0.6) is 0 Å². The van der Waals surface area contributed by atoms with Crippen molar-refractivity contribution in [1.29, 1.82) is 0 Å². The second kappa shape index (κ2) is 7.01. The molecule has 0 radical (unpaired) electrons. The molecule has 130 valence electrons. The van der Waals surface area contributed by atoms with Crippen LogP contribution in [-0.2, 0) is 11.3 Å². The Morgan fingerprint density at radius 2 is 1.96 bits per heavy atom. The molecule has 1 heterocycles. The van der Waals surface area contributed by atoms with Gasteiger partial charge in [0.25, 0.3) is 0 Å². The number of aromatic nitrogens is 2. The monoisotopic (exact) mass is 343 g/mol. The molecule has 0 aliphatic heterocycles. The largest absolute Gasteiger partial charge is 0.339 e. The number of halogens is 2. The lowest BCUT2D eigenvalue weighted by Gasteiger charge is -2.25. The lowest BCUT2D eigenvalue weighted by Crippen LogP contribution is -2.30. The number of amides is 1. The molecule has 4 nitrogen and oxygen atoms in total. The van der Waals surface area contributed by atoms with Crippen molar-refractivity contribution >= 4 is 16.9 Å². The predicted octanol–water partition coefficient (Wildman–Crippen LogP) is 3.92. The molecule has 1 unspecified atom stereocenters. The molecule has 0 aliphatic rings. The van der Waals surface area contributed by atoms with E-state index in [0.717, 1.165) is 23.2 Å². The van der Waals surface area contributed by atoms with Gasteiger partial charge in [-0.3, -0.25) is 4.79 Å². The van der Waals surface area contributed by atoms with Crippen molar-refractivity contribution in [3.63, 3.8) is 0 Å². The third-order valence-corrected chi connectivity index (χ3v) is 4.49. The summed E-state index contributed by atoms with van der Waals surface area (Å²) in [6.07, 6.45) is 2.02.